The monoisotopic (exact) mass is 367 g/mol. The maximum absolute atomic E-state index is 12.2. The van der Waals surface area contributed by atoms with Crippen LogP contribution in [0.15, 0.2) is 54.7 Å². The lowest BCUT2D eigenvalue weighted by atomic mass is 10.1. The molecular weight excluding hydrogens is 350 g/mol. The highest BCUT2D eigenvalue weighted by Gasteiger charge is 2.10. The van der Waals surface area contributed by atoms with Gasteiger partial charge in [0.15, 0.2) is 5.82 Å². The van der Waals surface area contributed by atoms with Gasteiger partial charge in [-0.3, -0.25) is 4.79 Å². The zero-order chi connectivity index (χ0) is 18.5. The van der Waals surface area contributed by atoms with Gasteiger partial charge in [-0.2, -0.15) is 0 Å². The fourth-order valence-electron chi connectivity index (χ4n) is 2.47. The molecule has 0 radical (unpaired) electrons. The van der Waals surface area contributed by atoms with E-state index in [1.165, 1.54) is 0 Å². The summed E-state index contributed by atoms with van der Waals surface area (Å²) >= 11 is 5.86. The third-order valence-electron chi connectivity index (χ3n) is 3.87. The van der Waals surface area contributed by atoms with Crippen LogP contribution in [0.5, 0.6) is 5.75 Å². The molecule has 26 heavy (non-hydrogen) atoms. The molecular formula is C20H18ClN3O2. The molecule has 1 heterocycles. The van der Waals surface area contributed by atoms with Gasteiger partial charge in [-0.05, 0) is 48.9 Å². The third kappa shape index (κ3) is 4.37. The van der Waals surface area contributed by atoms with E-state index < -0.39 is 0 Å². The number of aryl methyl sites for hydroxylation is 1. The summed E-state index contributed by atoms with van der Waals surface area (Å²) in [7, 11) is 1.63. The van der Waals surface area contributed by atoms with Crippen molar-refractivity contribution in [3.8, 4) is 17.0 Å². The van der Waals surface area contributed by atoms with E-state index in [4.69, 9.17) is 16.3 Å². The van der Waals surface area contributed by atoms with Gasteiger partial charge in [0.05, 0.1) is 31.1 Å². The van der Waals surface area contributed by atoms with E-state index in [0.717, 1.165) is 22.6 Å². The molecule has 6 heteroatoms. The fourth-order valence-corrected chi connectivity index (χ4v) is 2.60. The number of amides is 1. The van der Waals surface area contributed by atoms with E-state index in [-0.39, 0.29) is 12.3 Å². The van der Waals surface area contributed by atoms with E-state index in [9.17, 15) is 4.79 Å². The normalized spacial score (nSPS) is 10.4. The van der Waals surface area contributed by atoms with Gasteiger partial charge in [-0.25, -0.2) is 9.97 Å². The first-order valence-electron chi connectivity index (χ1n) is 8.07. The van der Waals surface area contributed by atoms with E-state index in [1.54, 1.807) is 25.4 Å². The van der Waals surface area contributed by atoms with Crippen LogP contribution in [-0.2, 0) is 11.2 Å². The van der Waals surface area contributed by atoms with Crippen molar-refractivity contribution in [2.75, 3.05) is 12.4 Å². The van der Waals surface area contributed by atoms with Crippen molar-refractivity contribution in [2.24, 2.45) is 0 Å². The number of nitrogens with one attached hydrogen (secondary N) is 1. The summed E-state index contributed by atoms with van der Waals surface area (Å²) in [5, 5.41) is 3.45. The molecule has 1 aromatic heterocycles. The molecule has 0 spiro atoms. The van der Waals surface area contributed by atoms with Gasteiger partial charge in [-0.15, -0.1) is 0 Å². The predicted octanol–water partition coefficient (Wildman–Crippen LogP) is 4.30. The number of hydrogen-bond donors (Lipinski definition) is 1. The molecule has 0 saturated carbocycles. The summed E-state index contributed by atoms with van der Waals surface area (Å²) in [6.07, 6.45) is 1.89. The van der Waals surface area contributed by atoms with Crippen LogP contribution in [0.25, 0.3) is 11.3 Å². The Kier molecular flexibility index (Phi) is 5.49. The number of rotatable bonds is 5. The lowest BCUT2D eigenvalue weighted by Crippen LogP contribution is -2.16. The number of ether oxygens (including phenoxy) is 1. The Morgan fingerprint density at radius 3 is 2.42 bits per heavy atom. The Morgan fingerprint density at radius 1 is 1.12 bits per heavy atom. The Morgan fingerprint density at radius 2 is 1.81 bits per heavy atom. The van der Waals surface area contributed by atoms with E-state index >= 15 is 0 Å². The highest BCUT2D eigenvalue weighted by atomic mass is 35.5. The minimum absolute atomic E-state index is 0.151. The van der Waals surface area contributed by atoms with Gasteiger partial charge in [-0.1, -0.05) is 23.7 Å². The SMILES string of the molecule is COc1ccc(-c2cnc(NC(=O)Cc3ccc(Cl)cc3)c(C)n2)cc1. The summed E-state index contributed by atoms with van der Waals surface area (Å²) in [6, 6.07) is 14.8. The number of halogens is 1. The lowest BCUT2D eigenvalue weighted by molar-refractivity contribution is -0.115. The Bertz CT molecular complexity index is 909. The van der Waals surface area contributed by atoms with Gasteiger partial charge < -0.3 is 10.1 Å². The maximum atomic E-state index is 12.2. The van der Waals surface area contributed by atoms with Gasteiger partial charge in [0.25, 0.3) is 0 Å². The molecule has 1 amide bonds. The Hall–Kier alpha value is -2.92. The molecule has 0 aliphatic heterocycles. The molecule has 5 nitrogen and oxygen atoms in total. The number of carbonyl (C=O) groups excluding carboxylic acids is 1. The first-order chi connectivity index (χ1) is 12.5. The van der Waals surface area contributed by atoms with E-state index in [1.807, 2.05) is 43.3 Å². The molecule has 0 unspecified atom stereocenters. The fraction of sp³-hybridized carbons (Fsp3) is 0.150. The minimum Gasteiger partial charge on any atom is -0.497 e. The Labute approximate surface area is 157 Å². The van der Waals surface area contributed by atoms with Crippen molar-refractivity contribution in [3.63, 3.8) is 0 Å². The number of methoxy groups -OCH3 is 1. The summed E-state index contributed by atoms with van der Waals surface area (Å²) < 4.78 is 5.16. The van der Waals surface area contributed by atoms with Crippen LogP contribution in [0, 0.1) is 6.92 Å². The summed E-state index contributed by atoms with van der Waals surface area (Å²) in [6.45, 7) is 1.82. The molecule has 0 saturated heterocycles. The second-order valence-corrected chi connectivity index (χ2v) is 6.21. The molecule has 3 aromatic rings. The van der Waals surface area contributed by atoms with Crippen molar-refractivity contribution < 1.29 is 9.53 Å². The lowest BCUT2D eigenvalue weighted by Gasteiger charge is -2.09. The number of anilines is 1. The van der Waals surface area contributed by atoms with Crippen molar-refractivity contribution in [2.45, 2.75) is 13.3 Å². The molecule has 1 N–H and O–H groups in total. The topological polar surface area (TPSA) is 64.1 Å². The zero-order valence-corrected chi connectivity index (χ0v) is 15.2. The minimum atomic E-state index is -0.151. The summed E-state index contributed by atoms with van der Waals surface area (Å²) in [4.78, 5) is 21.1. The highest BCUT2D eigenvalue weighted by Crippen LogP contribution is 2.22. The number of hydrogen-bond acceptors (Lipinski definition) is 4. The number of nitrogens with zero attached hydrogens (tertiary/aromatic N) is 2. The van der Waals surface area contributed by atoms with Crippen LogP contribution in [-0.4, -0.2) is 23.0 Å². The van der Waals surface area contributed by atoms with Crippen LogP contribution in [0.2, 0.25) is 5.02 Å². The van der Waals surface area contributed by atoms with Crippen LogP contribution >= 0.6 is 11.6 Å². The maximum Gasteiger partial charge on any atom is 0.229 e. The van der Waals surface area contributed by atoms with Gasteiger partial charge >= 0.3 is 0 Å². The smallest absolute Gasteiger partial charge is 0.229 e. The zero-order valence-electron chi connectivity index (χ0n) is 14.5. The van der Waals surface area contributed by atoms with Gasteiger partial charge in [0.1, 0.15) is 5.75 Å². The van der Waals surface area contributed by atoms with Crippen LogP contribution in [0.3, 0.4) is 0 Å². The molecule has 3 rings (SSSR count). The first kappa shape index (κ1) is 17.9. The molecule has 0 aliphatic rings. The van der Waals surface area contributed by atoms with E-state index in [2.05, 4.69) is 15.3 Å². The first-order valence-corrected chi connectivity index (χ1v) is 8.45. The quantitative estimate of drug-likeness (QED) is 0.730. The number of carbonyl (C=O) groups is 1. The van der Waals surface area contributed by atoms with Crippen LogP contribution in [0.4, 0.5) is 5.82 Å². The average molecular weight is 368 g/mol. The van der Waals surface area contributed by atoms with Crippen molar-refractivity contribution in [3.05, 3.63) is 71.0 Å². The van der Waals surface area contributed by atoms with Crippen molar-refractivity contribution in [1.29, 1.82) is 0 Å². The van der Waals surface area contributed by atoms with Crippen LogP contribution in [0.1, 0.15) is 11.3 Å². The van der Waals surface area contributed by atoms with Crippen molar-refractivity contribution in [1.82, 2.24) is 9.97 Å². The standard InChI is InChI=1S/C20H18ClN3O2/c1-13-20(24-19(25)11-14-3-7-16(21)8-4-14)22-12-18(23-13)15-5-9-17(26-2)10-6-15/h3-10,12H,11H2,1-2H3,(H,22,24,25). The second-order valence-electron chi connectivity index (χ2n) is 5.77. The largest absolute Gasteiger partial charge is 0.497 e. The third-order valence-corrected chi connectivity index (χ3v) is 4.12. The molecule has 0 bridgehead atoms. The Balaban J connectivity index is 1.70. The van der Waals surface area contributed by atoms with E-state index in [0.29, 0.717) is 16.5 Å². The predicted molar refractivity (Wildman–Crippen MR) is 103 cm³/mol. The molecule has 132 valence electrons. The second kappa shape index (κ2) is 7.97. The van der Waals surface area contributed by atoms with Gasteiger partial charge in [0.2, 0.25) is 5.91 Å². The van der Waals surface area contributed by atoms with Crippen molar-refractivity contribution >= 4 is 23.3 Å². The van der Waals surface area contributed by atoms with Crippen LogP contribution < -0.4 is 10.1 Å². The molecule has 0 aliphatic carbocycles. The average Bonchev–Trinajstić information content (AvgIpc) is 2.65. The molecule has 0 atom stereocenters. The molecule has 0 fully saturated rings. The summed E-state index contributed by atoms with van der Waals surface area (Å²) in [5.41, 5.74) is 3.21. The number of benzene rings is 2. The summed E-state index contributed by atoms with van der Waals surface area (Å²) in [5.74, 6) is 1.09. The number of aromatic nitrogens is 2. The van der Waals surface area contributed by atoms with Gasteiger partial charge in [0, 0.05) is 10.6 Å². The molecule has 2 aromatic carbocycles. The highest BCUT2D eigenvalue weighted by molar-refractivity contribution is 6.30.